The Morgan fingerprint density at radius 1 is 0.780 bits per heavy atom. The predicted molar refractivity (Wildman–Crippen MR) is 218 cm³/mol. The van der Waals surface area contributed by atoms with Crippen molar-refractivity contribution in [1.82, 2.24) is 20.0 Å². The third-order valence-electron chi connectivity index (χ3n) is 13.8. The molecule has 0 spiro atoms. The molecule has 9 rings (SSSR count). The highest BCUT2D eigenvalue weighted by Gasteiger charge is 2.67. The molecule has 0 aromatic heterocycles. The van der Waals surface area contributed by atoms with Crippen molar-refractivity contribution in [3.8, 4) is 23.7 Å². The molecule has 1 unspecified atom stereocenters. The Bertz CT molecular complexity index is 2450. The second-order valence-corrected chi connectivity index (χ2v) is 18.6. The zero-order valence-corrected chi connectivity index (χ0v) is 34.4. The largest absolute Gasteiger partial charge is 0.489 e. The second kappa shape index (κ2) is 14.4. The van der Waals surface area contributed by atoms with Crippen LogP contribution < -0.4 is 10.1 Å². The zero-order valence-electron chi connectivity index (χ0n) is 33.7. The molecular formula is C47H46ClN5O6. The average Bonchev–Trinajstić information content (AvgIpc) is 3.64. The minimum absolute atomic E-state index is 0.0304. The van der Waals surface area contributed by atoms with Gasteiger partial charge in [-0.05, 0) is 97.7 Å². The fourth-order valence-corrected chi connectivity index (χ4v) is 11.5. The van der Waals surface area contributed by atoms with Gasteiger partial charge in [-0.25, -0.2) is 0 Å². The predicted octanol–water partition coefficient (Wildman–Crippen LogP) is 6.42. The molecular weight excluding hydrogens is 766 g/mol. The summed E-state index contributed by atoms with van der Waals surface area (Å²) in [5.41, 5.74) is 5.13. The van der Waals surface area contributed by atoms with E-state index in [1.807, 2.05) is 29.2 Å². The first-order chi connectivity index (χ1) is 28.1. The number of amides is 5. The van der Waals surface area contributed by atoms with Crippen LogP contribution in [-0.2, 0) is 29.1 Å². The third-order valence-corrected chi connectivity index (χ3v) is 14.1. The number of imide groups is 2. The van der Waals surface area contributed by atoms with Crippen molar-refractivity contribution in [2.75, 3.05) is 6.54 Å². The number of nitriles is 1. The van der Waals surface area contributed by atoms with Crippen molar-refractivity contribution < 1.29 is 28.7 Å². The van der Waals surface area contributed by atoms with Crippen LogP contribution in [0.3, 0.4) is 0 Å². The van der Waals surface area contributed by atoms with E-state index in [2.05, 4.69) is 61.9 Å². The number of nitrogens with one attached hydrogen (secondary N) is 1. The van der Waals surface area contributed by atoms with E-state index in [-0.39, 0.29) is 53.5 Å². The Labute approximate surface area is 349 Å². The summed E-state index contributed by atoms with van der Waals surface area (Å²) in [5.74, 6) is 5.96. The Balaban J connectivity index is 0.809. The molecule has 6 aliphatic rings. The quantitative estimate of drug-likeness (QED) is 0.230. The molecule has 1 atom stereocenters. The maximum Gasteiger partial charge on any atom is 0.262 e. The van der Waals surface area contributed by atoms with Gasteiger partial charge in [0.2, 0.25) is 11.8 Å². The van der Waals surface area contributed by atoms with Gasteiger partial charge in [-0.2, -0.15) is 5.26 Å². The van der Waals surface area contributed by atoms with E-state index >= 15 is 0 Å². The van der Waals surface area contributed by atoms with Gasteiger partial charge in [-0.1, -0.05) is 51.1 Å². The summed E-state index contributed by atoms with van der Waals surface area (Å²) in [6.45, 7) is 10.6. The van der Waals surface area contributed by atoms with Crippen LogP contribution in [0.2, 0.25) is 5.02 Å². The molecule has 0 radical (unpaired) electrons. The molecule has 11 nitrogen and oxygen atoms in total. The number of carbonyl (C=O) groups is 5. The molecule has 12 heteroatoms. The molecule has 4 heterocycles. The van der Waals surface area contributed by atoms with Gasteiger partial charge >= 0.3 is 0 Å². The molecule has 3 fully saturated rings. The number of ether oxygens (including phenoxy) is 1. The van der Waals surface area contributed by atoms with E-state index in [4.69, 9.17) is 16.3 Å². The Morgan fingerprint density at radius 2 is 1.49 bits per heavy atom. The SMILES string of the molecule is CC1(C)C(Oc2ccc(C#N)c(Cl)c2)C(C)(C)C1N1Cc2cc(C#CC3CCC(N4CCc5cc6c(cc5C4)C(=O)N(C4CCC(=O)NC4=O)C6=O)CC3)ccc2C1=O. The molecule has 5 amide bonds. The number of hydrogen-bond acceptors (Lipinski definition) is 8. The van der Waals surface area contributed by atoms with Crippen LogP contribution in [0, 0.1) is 39.9 Å². The Morgan fingerprint density at radius 3 is 2.17 bits per heavy atom. The van der Waals surface area contributed by atoms with Gasteiger partial charge in [-0.3, -0.25) is 39.1 Å². The second-order valence-electron chi connectivity index (χ2n) is 18.2. The Kier molecular flexibility index (Phi) is 9.49. The number of rotatable bonds is 5. The fourth-order valence-electron chi connectivity index (χ4n) is 11.3. The van der Waals surface area contributed by atoms with Crippen molar-refractivity contribution in [3.63, 3.8) is 0 Å². The molecule has 0 bridgehead atoms. The smallest absolute Gasteiger partial charge is 0.262 e. The lowest BCUT2D eigenvalue weighted by molar-refractivity contribution is -0.199. The maximum absolute atomic E-state index is 13.8. The van der Waals surface area contributed by atoms with E-state index in [9.17, 15) is 29.2 Å². The normalized spacial score (nSPS) is 26.8. The molecule has 4 aliphatic heterocycles. The maximum atomic E-state index is 13.8. The monoisotopic (exact) mass is 811 g/mol. The molecule has 59 heavy (non-hydrogen) atoms. The van der Waals surface area contributed by atoms with Crippen LogP contribution in [0.1, 0.15) is 125 Å². The van der Waals surface area contributed by atoms with E-state index in [1.165, 1.54) is 0 Å². The van der Waals surface area contributed by atoms with Crippen molar-refractivity contribution in [1.29, 1.82) is 5.26 Å². The van der Waals surface area contributed by atoms with E-state index < -0.39 is 23.8 Å². The van der Waals surface area contributed by atoms with Crippen molar-refractivity contribution in [3.05, 3.63) is 98.1 Å². The molecule has 1 saturated heterocycles. The molecule has 2 saturated carbocycles. The summed E-state index contributed by atoms with van der Waals surface area (Å²) in [6.07, 6.45) is 4.84. The van der Waals surface area contributed by atoms with Crippen LogP contribution in [-0.4, -0.2) is 75.0 Å². The van der Waals surface area contributed by atoms with Gasteiger partial charge in [-0.15, -0.1) is 0 Å². The summed E-state index contributed by atoms with van der Waals surface area (Å²) < 4.78 is 6.48. The van der Waals surface area contributed by atoms with Gasteiger partial charge in [0.25, 0.3) is 17.7 Å². The number of carbonyl (C=O) groups excluding carboxylic acids is 5. The van der Waals surface area contributed by atoms with Crippen LogP contribution in [0.4, 0.5) is 0 Å². The van der Waals surface area contributed by atoms with Crippen LogP contribution in [0.25, 0.3) is 0 Å². The molecule has 2 aliphatic carbocycles. The summed E-state index contributed by atoms with van der Waals surface area (Å²) in [6, 6.07) is 16.2. The van der Waals surface area contributed by atoms with Crippen molar-refractivity contribution in [2.45, 2.75) is 110 Å². The van der Waals surface area contributed by atoms with Crippen LogP contribution >= 0.6 is 11.6 Å². The first-order valence-electron chi connectivity index (χ1n) is 20.6. The van der Waals surface area contributed by atoms with E-state index in [0.29, 0.717) is 46.6 Å². The standard InChI is InChI=1S/C47H46ClN5O6/c1-46(2)44(47(3,4)45(46)59-33-13-10-29(23-49)37(48)22-33)52-25-31-19-27(9-14-34(31)41(52)56)6-5-26-7-11-32(12-8-26)51-18-17-28-20-35-36(21-30(28)24-51)43(58)53(42(35)57)38-15-16-39(54)50-40(38)55/h9-10,13-14,19-22,26,32,38,44-45H,7-8,11-12,15-18,24-25H2,1-4H3,(H,50,54,55). The highest BCUT2D eigenvalue weighted by atomic mass is 35.5. The summed E-state index contributed by atoms with van der Waals surface area (Å²) >= 11 is 6.30. The summed E-state index contributed by atoms with van der Waals surface area (Å²) in [4.78, 5) is 70.3. The third kappa shape index (κ3) is 6.50. The number of piperidine rings is 1. The number of benzene rings is 3. The summed E-state index contributed by atoms with van der Waals surface area (Å²) in [7, 11) is 0. The zero-order chi connectivity index (χ0) is 41.5. The Hall–Kier alpha value is -5.49. The number of hydrogen-bond donors (Lipinski definition) is 1. The number of halogens is 1. The van der Waals surface area contributed by atoms with Gasteiger partial charge < -0.3 is 9.64 Å². The lowest BCUT2D eigenvalue weighted by Crippen LogP contribution is -2.74. The van der Waals surface area contributed by atoms with Crippen molar-refractivity contribution in [2.24, 2.45) is 16.7 Å². The molecule has 3 aromatic carbocycles. The van der Waals surface area contributed by atoms with Crippen molar-refractivity contribution >= 4 is 41.1 Å². The number of nitrogens with zero attached hydrogens (tertiary/aromatic N) is 4. The van der Waals surface area contributed by atoms with E-state index in [1.54, 1.807) is 18.2 Å². The van der Waals surface area contributed by atoms with Gasteiger partial charge in [0.15, 0.2) is 0 Å². The van der Waals surface area contributed by atoms with E-state index in [0.717, 1.165) is 71.4 Å². The lowest BCUT2D eigenvalue weighted by atomic mass is 9.49. The van der Waals surface area contributed by atoms with Gasteiger partial charge in [0.05, 0.1) is 21.7 Å². The minimum atomic E-state index is -0.972. The average molecular weight is 812 g/mol. The summed E-state index contributed by atoms with van der Waals surface area (Å²) in [5, 5.41) is 11.9. The fraction of sp³-hybridized carbons (Fsp3) is 0.447. The van der Waals surface area contributed by atoms with Crippen LogP contribution in [0.5, 0.6) is 5.75 Å². The first-order valence-corrected chi connectivity index (χ1v) is 21.0. The molecule has 1 N–H and O–H groups in total. The molecule has 302 valence electrons. The topological polar surface area (TPSA) is 140 Å². The first kappa shape index (κ1) is 39.0. The van der Waals surface area contributed by atoms with Crippen LogP contribution in [0.15, 0.2) is 48.5 Å². The highest BCUT2D eigenvalue weighted by Crippen LogP contribution is 2.59. The van der Waals surface area contributed by atoms with Gasteiger partial charge in [0, 0.05) is 72.1 Å². The van der Waals surface area contributed by atoms with Gasteiger partial charge in [0.1, 0.15) is 24.0 Å². The highest BCUT2D eigenvalue weighted by molar-refractivity contribution is 6.31. The number of fused-ring (bicyclic) bond motifs is 3. The molecule has 3 aromatic rings. The lowest BCUT2D eigenvalue weighted by Gasteiger charge is -2.65. The minimum Gasteiger partial charge on any atom is -0.489 e.